The van der Waals surface area contributed by atoms with E-state index in [-0.39, 0.29) is 12.4 Å². The third kappa shape index (κ3) is 3.99. The standard InChI is InChI=1S/C17H21NO.ClH/c1-4-7-15-11-10-14-8-5-6-9-16(14)17(15)19-13-12-18(2)3;/h4-6,8-11H,1,7,12-13H2,2-3H3;1H/p-1. The van der Waals surface area contributed by atoms with Crippen LogP contribution in [0.5, 0.6) is 5.75 Å². The maximum Gasteiger partial charge on any atom is 0.130 e. The largest absolute Gasteiger partial charge is 1.00 e. The van der Waals surface area contributed by atoms with Gasteiger partial charge in [0.2, 0.25) is 0 Å². The molecule has 0 saturated heterocycles. The maximum atomic E-state index is 6.02. The SMILES string of the molecule is C=CCc1ccc2ccccc2c1OCCN(C)C.[Cl-]. The Morgan fingerprint density at radius 1 is 1.15 bits per heavy atom. The van der Waals surface area contributed by atoms with Gasteiger partial charge in [-0.15, -0.1) is 6.58 Å². The summed E-state index contributed by atoms with van der Waals surface area (Å²) in [6.45, 7) is 5.43. The van der Waals surface area contributed by atoms with Crippen LogP contribution in [0.1, 0.15) is 5.56 Å². The molecule has 0 unspecified atom stereocenters. The van der Waals surface area contributed by atoms with Crippen LogP contribution in [0.4, 0.5) is 0 Å². The van der Waals surface area contributed by atoms with Gasteiger partial charge in [-0.2, -0.15) is 0 Å². The third-order valence-electron chi connectivity index (χ3n) is 3.11. The van der Waals surface area contributed by atoms with Crippen LogP contribution < -0.4 is 17.1 Å². The first-order valence-corrected chi connectivity index (χ1v) is 6.61. The molecule has 0 radical (unpaired) electrons. The molecule has 0 aromatic heterocycles. The highest BCUT2D eigenvalue weighted by Gasteiger charge is 2.08. The van der Waals surface area contributed by atoms with E-state index in [0.29, 0.717) is 6.61 Å². The molecule has 2 aromatic rings. The number of nitrogens with zero attached hydrogens (tertiary/aromatic N) is 1. The quantitative estimate of drug-likeness (QED) is 0.719. The highest BCUT2D eigenvalue weighted by molar-refractivity contribution is 5.89. The molecular formula is C17H21ClNO-. The van der Waals surface area contributed by atoms with Crippen LogP contribution in [0.3, 0.4) is 0 Å². The Hall–Kier alpha value is -1.51. The van der Waals surface area contributed by atoms with Crippen LogP contribution in [-0.4, -0.2) is 32.1 Å². The number of ether oxygens (including phenoxy) is 1. The van der Waals surface area contributed by atoms with E-state index in [0.717, 1.165) is 18.7 Å². The van der Waals surface area contributed by atoms with Gasteiger partial charge < -0.3 is 22.0 Å². The highest BCUT2D eigenvalue weighted by atomic mass is 35.5. The zero-order valence-electron chi connectivity index (χ0n) is 12.1. The number of likely N-dealkylation sites (N-methyl/N-ethyl adjacent to an activating group) is 1. The average molecular weight is 291 g/mol. The molecule has 2 nitrogen and oxygen atoms in total. The van der Waals surface area contributed by atoms with Gasteiger partial charge in [0.25, 0.3) is 0 Å². The Labute approximate surface area is 127 Å². The zero-order valence-corrected chi connectivity index (χ0v) is 12.9. The zero-order chi connectivity index (χ0) is 13.7. The van der Waals surface area contributed by atoms with Crippen molar-refractivity contribution in [2.45, 2.75) is 6.42 Å². The van der Waals surface area contributed by atoms with Crippen molar-refractivity contribution >= 4 is 10.8 Å². The molecule has 2 aromatic carbocycles. The minimum atomic E-state index is 0. The molecule has 0 bridgehead atoms. The van der Waals surface area contributed by atoms with Gasteiger partial charge in [0, 0.05) is 11.9 Å². The third-order valence-corrected chi connectivity index (χ3v) is 3.11. The van der Waals surface area contributed by atoms with Gasteiger partial charge in [-0.1, -0.05) is 42.5 Å². The van der Waals surface area contributed by atoms with Crippen molar-refractivity contribution in [2.24, 2.45) is 0 Å². The van der Waals surface area contributed by atoms with Crippen molar-refractivity contribution in [3.05, 3.63) is 54.6 Å². The molecule has 0 fully saturated rings. The predicted octanol–water partition coefficient (Wildman–Crippen LogP) is 0.513. The Bertz CT molecular complexity index is 566. The fourth-order valence-electron chi connectivity index (χ4n) is 2.11. The summed E-state index contributed by atoms with van der Waals surface area (Å²) in [7, 11) is 4.11. The minimum Gasteiger partial charge on any atom is -1.00 e. The lowest BCUT2D eigenvalue weighted by atomic mass is 10.0. The number of hydrogen-bond acceptors (Lipinski definition) is 2. The second kappa shape index (κ2) is 7.93. The van der Waals surface area contributed by atoms with Gasteiger partial charge >= 0.3 is 0 Å². The molecular weight excluding hydrogens is 270 g/mol. The second-order valence-corrected chi connectivity index (χ2v) is 4.92. The molecule has 0 amide bonds. The van der Waals surface area contributed by atoms with Crippen molar-refractivity contribution in [2.75, 3.05) is 27.2 Å². The van der Waals surface area contributed by atoms with E-state index in [1.54, 1.807) is 0 Å². The molecule has 0 spiro atoms. The first-order chi connectivity index (χ1) is 9.22. The first-order valence-electron chi connectivity index (χ1n) is 6.61. The van der Waals surface area contributed by atoms with Crippen molar-refractivity contribution in [1.82, 2.24) is 4.90 Å². The summed E-state index contributed by atoms with van der Waals surface area (Å²) in [6, 6.07) is 12.6. The Morgan fingerprint density at radius 3 is 2.60 bits per heavy atom. The highest BCUT2D eigenvalue weighted by Crippen LogP contribution is 2.30. The minimum absolute atomic E-state index is 0. The fourth-order valence-corrected chi connectivity index (χ4v) is 2.11. The van der Waals surface area contributed by atoms with E-state index in [9.17, 15) is 0 Å². The van der Waals surface area contributed by atoms with E-state index < -0.39 is 0 Å². The Morgan fingerprint density at radius 2 is 1.90 bits per heavy atom. The molecule has 0 N–H and O–H groups in total. The van der Waals surface area contributed by atoms with Gasteiger partial charge in [-0.25, -0.2) is 0 Å². The number of rotatable bonds is 6. The van der Waals surface area contributed by atoms with Crippen LogP contribution in [0.15, 0.2) is 49.1 Å². The lowest BCUT2D eigenvalue weighted by Crippen LogP contribution is -3.00. The summed E-state index contributed by atoms with van der Waals surface area (Å²) in [5, 5.41) is 2.40. The molecule has 108 valence electrons. The lowest BCUT2D eigenvalue weighted by Gasteiger charge is -2.15. The van der Waals surface area contributed by atoms with Gasteiger partial charge in [0.1, 0.15) is 12.4 Å². The van der Waals surface area contributed by atoms with E-state index in [2.05, 4.69) is 62.0 Å². The monoisotopic (exact) mass is 290 g/mol. The summed E-state index contributed by atoms with van der Waals surface area (Å²) in [4.78, 5) is 2.12. The lowest BCUT2D eigenvalue weighted by molar-refractivity contribution is -0.00000439. The van der Waals surface area contributed by atoms with Crippen LogP contribution in [0.25, 0.3) is 10.8 Å². The van der Waals surface area contributed by atoms with E-state index in [1.807, 2.05) is 6.08 Å². The van der Waals surface area contributed by atoms with Crippen molar-refractivity contribution in [1.29, 1.82) is 0 Å². The van der Waals surface area contributed by atoms with Crippen molar-refractivity contribution in [3.8, 4) is 5.75 Å². The second-order valence-electron chi connectivity index (χ2n) is 4.92. The average Bonchev–Trinajstić information content (AvgIpc) is 2.40. The Kier molecular flexibility index (Phi) is 6.56. The molecule has 0 aliphatic rings. The summed E-state index contributed by atoms with van der Waals surface area (Å²) >= 11 is 0. The van der Waals surface area contributed by atoms with Gasteiger partial charge in [-0.3, -0.25) is 0 Å². The van der Waals surface area contributed by atoms with Crippen LogP contribution in [-0.2, 0) is 6.42 Å². The Balaban J connectivity index is 0.00000200. The molecule has 2 rings (SSSR count). The van der Waals surface area contributed by atoms with Crippen LogP contribution >= 0.6 is 0 Å². The number of allylic oxidation sites excluding steroid dienone is 1. The number of hydrogen-bond donors (Lipinski definition) is 0. The number of halogens is 1. The summed E-state index contributed by atoms with van der Waals surface area (Å²) in [5.74, 6) is 1.000. The number of fused-ring (bicyclic) bond motifs is 1. The van der Waals surface area contributed by atoms with Gasteiger partial charge in [0.05, 0.1) is 0 Å². The smallest absolute Gasteiger partial charge is 0.130 e. The van der Waals surface area contributed by atoms with Crippen LogP contribution in [0, 0.1) is 0 Å². The van der Waals surface area contributed by atoms with Crippen molar-refractivity contribution in [3.63, 3.8) is 0 Å². The number of benzene rings is 2. The topological polar surface area (TPSA) is 12.5 Å². The van der Waals surface area contributed by atoms with E-state index in [1.165, 1.54) is 16.3 Å². The van der Waals surface area contributed by atoms with Crippen LogP contribution in [0.2, 0.25) is 0 Å². The normalized spacial score (nSPS) is 10.3. The van der Waals surface area contributed by atoms with Gasteiger partial charge in [-0.05, 0) is 31.5 Å². The molecule has 0 aliphatic carbocycles. The van der Waals surface area contributed by atoms with Gasteiger partial charge in [0.15, 0.2) is 0 Å². The molecule has 0 aliphatic heterocycles. The molecule has 0 heterocycles. The summed E-state index contributed by atoms with van der Waals surface area (Å²) in [5.41, 5.74) is 1.20. The van der Waals surface area contributed by atoms with Crippen molar-refractivity contribution < 1.29 is 17.1 Å². The maximum absolute atomic E-state index is 6.02. The summed E-state index contributed by atoms with van der Waals surface area (Å²) < 4.78 is 6.02. The molecule has 0 saturated carbocycles. The molecule has 3 heteroatoms. The van der Waals surface area contributed by atoms with E-state index in [4.69, 9.17) is 4.74 Å². The first kappa shape index (κ1) is 16.5. The molecule has 20 heavy (non-hydrogen) atoms. The molecule has 0 atom stereocenters. The fraction of sp³-hybridized carbons (Fsp3) is 0.294. The van der Waals surface area contributed by atoms with E-state index >= 15 is 0 Å². The summed E-state index contributed by atoms with van der Waals surface area (Å²) in [6.07, 6.45) is 2.76. The predicted molar refractivity (Wildman–Crippen MR) is 81.9 cm³/mol.